The quantitative estimate of drug-likeness (QED) is 0.381. The van der Waals surface area contributed by atoms with Crippen LogP contribution in [0, 0.1) is 0 Å². The topological polar surface area (TPSA) is 112 Å². The number of ether oxygens (including phenoxy) is 1. The van der Waals surface area contributed by atoms with Crippen molar-refractivity contribution >= 4 is 16.0 Å². The van der Waals surface area contributed by atoms with Gasteiger partial charge in [-0.2, -0.15) is 18.2 Å². The number of benzene rings is 2. The summed E-state index contributed by atoms with van der Waals surface area (Å²) in [7, 11) is -1.58. The number of carbonyl (C=O) groups is 1. The van der Waals surface area contributed by atoms with Gasteiger partial charge in [-0.3, -0.25) is 4.84 Å². The van der Waals surface area contributed by atoms with Crippen LogP contribution in [0.3, 0.4) is 0 Å². The SMILES string of the molecule is CON(C)S(=O)(=O)c1cccc(C(=O)OCc2nc(-c3ccc(C(F)(F)F)cc3)no2)c1. The molecule has 0 N–H and O–H groups in total. The minimum absolute atomic E-state index is 0.0143. The first-order valence-electron chi connectivity index (χ1n) is 8.83. The summed E-state index contributed by atoms with van der Waals surface area (Å²) in [6, 6.07) is 9.27. The lowest BCUT2D eigenvalue weighted by Gasteiger charge is -2.14. The van der Waals surface area contributed by atoms with Crippen LogP contribution in [0.5, 0.6) is 0 Å². The van der Waals surface area contributed by atoms with Gasteiger partial charge >= 0.3 is 12.1 Å². The molecule has 0 saturated heterocycles. The second kappa shape index (κ2) is 9.06. The Labute approximate surface area is 180 Å². The molecule has 0 spiro atoms. The first-order chi connectivity index (χ1) is 15.0. The highest BCUT2D eigenvalue weighted by Crippen LogP contribution is 2.30. The highest BCUT2D eigenvalue weighted by molar-refractivity contribution is 7.89. The number of nitrogens with zero attached hydrogens (tertiary/aromatic N) is 3. The molecule has 0 aliphatic carbocycles. The molecule has 1 heterocycles. The summed E-state index contributed by atoms with van der Waals surface area (Å²) in [5.41, 5.74) is -0.586. The molecule has 0 saturated carbocycles. The maximum absolute atomic E-state index is 12.6. The molecule has 0 aliphatic heterocycles. The van der Waals surface area contributed by atoms with Crippen LogP contribution in [-0.2, 0) is 32.4 Å². The number of halogens is 3. The van der Waals surface area contributed by atoms with Gasteiger partial charge in [0.25, 0.3) is 15.9 Å². The normalized spacial score (nSPS) is 12.2. The Kier molecular flexibility index (Phi) is 6.62. The molecule has 3 aromatic rings. The molecular formula is C19H16F3N3O6S. The first-order valence-corrected chi connectivity index (χ1v) is 10.3. The molecule has 0 bridgehead atoms. The van der Waals surface area contributed by atoms with Crippen molar-refractivity contribution in [3.63, 3.8) is 0 Å². The van der Waals surface area contributed by atoms with Crippen LogP contribution >= 0.6 is 0 Å². The molecule has 0 aliphatic rings. The standard InChI is InChI=1S/C19H16F3N3O6S/c1-25(29-2)32(27,28)15-5-3-4-13(10-15)18(26)30-11-16-23-17(24-31-16)12-6-8-14(9-7-12)19(20,21)22/h3-10H,11H2,1-2H3. The Balaban J connectivity index is 1.68. The molecule has 0 unspecified atom stereocenters. The van der Waals surface area contributed by atoms with E-state index in [1.807, 2.05) is 0 Å². The average Bonchev–Trinajstić information content (AvgIpc) is 3.25. The van der Waals surface area contributed by atoms with Crippen LogP contribution in [0.1, 0.15) is 21.8 Å². The summed E-state index contributed by atoms with van der Waals surface area (Å²) >= 11 is 0. The molecule has 3 rings (SSSR count). The highest BCUT2D eigenvalue weighted by Gasteiger charge is 2.30. The smallest absolute Gasteiger partial charge is 0.416 e. The van der Waals surface area contributed by atoms with E-state index in [0.717, 1.165) is 18.2 Å². The number of hydrogen-bond acceptors (Lipinski definition) is 8. The summed E-state index contributed by atoms with van der Waals surface area (Å²) in [5.74, 6) is -0.937. The lowest BCUT2D eigenvalue weighted by Crippen LogP contribution is -2.25. The number of rotatable bonds is 7. The van der Waals surface area contributed by atoms with Crippen molar-refractivity contribution in [2.24, 2.45) is 0 Å². The zero-order chi connectivity index (χ0) is 23.5. The van der Waals surface area contributed by atoms with Gasteiger partial charge in [0.05, 0.1) is 23.1 Å². The fourth-order valence-corrected chi connectivity index (χ4v) is 3.50. The van der Waals surface area contributed by atoms with Crippen molar-refractivity contribution in [2.75, 3.05) is 14.2 Å². The number of hydrogen-bond donors (Lipinski definition) is 0. The third-order valence-electron chi connectivity index (χ3n) is 4.23. The van der Waals surface area contributed by atoms with Crippen molar-refractivity contribution in [2.45, 2.75) is 17.7 Å². The van der Waals surface area contributed by atoms with Gasteiger partial charge < -0.3 is 9.26 Å². The summed E-state index contributed by atoms with van der Waals surface area (Å²) in [6.45, 7) is -0.429. The van der Waals surface area contributed by atoms with E-state index < -0.39 is 34.3 Å². The Morgan fingerprint density at radius 1 is 1.16 bits per heavy atom. The molecule has 1 aromatic heterocycles. The zero-order valence-corrected chi connectivity index (χ0v) is 17.5. The first kappa shape index (κ1) is 23.4. The third kappa shape index (κ3) is 5.12. The van der Waals surface area contributed by atoms with Crippen LogP contribution in [0.25, 0.3) is 11.4 Å². The lowest BCUT2D eigenvalue weighted by atomic mass is 10.1. The molecular weight excluding hydrogens is 455 g/mol. The average molecular weight is 471 g/mol. The van der Waals surface area contributed by atoms with Gasteiger partial charge in [-0.25, -0.2) is 13.2 Å². The minimum atomic E-state index is -4.47. The molecule has 32 heavy (non-hydrogen) atoms. The summed E-state index contributed by atoms with van der Waals surface area (Å²) in [4.78, 5) is 20.8. The van der Waals surface area contributed by atoms with Gasteiger partial charge in [-0.1, -0.05) is 27.8 Å². The molecule has 0 amide bonds. The van der Waals surface area contributed by atoms with Crippen molar-refractivity contribution in [3.8, 4) is 11.4 Å². The molecule has 0 atom stereocenters. The Morgan fingerprint density at radius 3 is 2.47 bits per heavy atom. The Bertz CT molecular complexity index is 1210. The van der Waals surface area contributed by atoms with Gasteiger partial charge in [0, 0.05) is 12.6 Å². The fourth-order valence-electron chi connectivity index (χ4n) is 2.48. The van der Waals surface area contributed by atoms with E-state index in [2.05, 4.69) is 15.0 Å². The van der Waals surface area contributed by atoms with Gasteiger partial charge in [-0.15, -0.1) is 0 Å². The van der Waals surface area contributed by atoms with E-state index >= 15 is 0 Å². The van der Waals surface area contributed by atoms with Crippen molar-refractivity contribution < 1.29 is 40.5 Å². The third-order valence-corrected chi connectivity index (χ3v) is 5.90. The van der Waals surface area contributed by atoms with Crippen LogP contribution in [0.15, 0.2) is 57.9 Å². The van der Waals surface area contributed by atoms with Crippen LogP contribution < -0.4 is 0 Å². The molecule has 170 valence electrons. The van der Waals surface area contributed by atoms with Crippen molar-refractivity contribution in [1.29, 1.82) is 0 Å². The van der Waals surface area contributed by atoms with Crippen LogP contribution in [0.2, 0.25) is 0 Å². The van der Waals surface area contributed by atoms with Crippen molar-refractivity contribution in [3.05, 3.63) is 65.5 Å². The molecule has 0 radical (unpaired) electrons. The van der Waals surface area contributed by atoms with E-state index in [1.54, 1.807) is 0 Å². The van der Waals surface area contributed by atoms with Gasteiger partial charge in [0.15, 0.2) is 6.61 Å². The van der Waals surface area contributed by atoms with Crippen LogP contribution in [-0.4, -0.2) is 43.2 Å². The lowest BCUT2D eigenvalue weighted by molar-refractivity contribution is -0.137. The van der Waals surface area contributed by atoms with E-state index in [1.165, 1.54) is 44.5 Å². The maximum Gasteiger partial charge on any atom is 0.416 e. The van der Waals surface area contributed by atoms with Gasteiger partial charge in [0.1, 0.15) is 0 Å². The number of esters is 1. The molecule has 13 heteroatoms. The predicted octanol–water partition coefficient (Wildman–Crippen LogP) is 3.29. The van der Waals surface area contributed by atoms with Crippen molar-refractivity contribution in [1.82, 2.24) is 14.6 Å². The van der Waals surface area contributed by atoms with Crippen LogP contribution in [0.4, 0.5) is 13.2 Å². The number of sulfonamides is 1. The minimum Gasteiger partial charge on any atom is -0.452 e. The summed E-state index contributed by atoms with van der Waals surface area (Å²) in [6.07, 6.45) is -4.47. The monoisotopic (exact) mass is 471 g/mol. The van der Waals surface area contributed by atoms with E-state index in [0.29, 0.717) is 4.47 Å². The number of carbonyl (C=O) groups excluding carboxylic acids is 1. The molecule has 9 nitrogen and oxygen atoms in total. The number of alkyl halides is 3. The predicted molar refractivity (Wildman–Crippen MR) is 102 cm³/mol. The largest absolute Gasteiger partial charge is 0.452 e. The van der Waals surface area contributed by atoms with Gasteiger partial charge in [-0.05, 0) is 30.3 Å². The van der Waals surface area contributed by atoms with E-state index in [9.17, 15) is 26.4 Å². The second-order valence-corrected chi connectivity index (χ2v) is 8.22. The summed E-state index contributed by atoms with van der Waals surface area (Å²) in [5, 5.41) is 3.65. The molecule has 0 fully saturated rings. The fraction of sp³-hybridized carbons (Fsp3) is 0.211. The van der Waals surface area contributed by atoms with Gasteiger partial charge in [0.2, 0.25) is 5.82 Å². The Hall–Kier alpha value is -3.29. The van der Waals surface area contributed by atoms with E-state index in [4.69, 9.17) is 9.26 Å². The Morgan fingerprint density at radius 2 is 1.84 bits per heavy atom. The zero-order valence-electron chi connectivity index (χ0n) is 16.7. The number of aromatic nitrogens is 2. The summed E-state index contributed by atoms with van der Waals surface area (Å²) < 4.78 is 73.2. The number of hydroxylamine groups is 1. The molecule has 2 aromatic carbocycles. The van der Waals surface area contributed by atoms with E-state index in [-0.39, 0.29) is 27.7 Å². The second-order valence-electron chi connectivity index (χ2n) is 6.29. The highest BCUT2D eigenvalue weighted by atomic mass is 32.2. The maximum atomic E-state index is 12.6.